The van der Waals surface area contributed by atoms with E-state index in [1.807, 2.05) is 0 Å². The van der Waals surface area contributed by atoms with Crippen LogP contribution in [0.5, 0.6) is 11.5 Å². The van der Waals surface area contributed by atoms with Crippen molar-refractivity contribution in [1.29, 1.82) is 0 Å². The molecule has 0 saturated carbocycles. The number of hydrogen-bond acceptors (Lipinski definition) is 7. The van der Waals surface area contributed by atoms with Crippen LogP contribution in [0.3, 0.4) is 0 Å². The van der Waals surface area contributed by atoms with E-state index in [2.05, 4.69) is 4.99 Å². The summed E-state index contributed by atoms with van der Waals surface area (Å²) in [7, 11) is 2.99. The molecule has 0 fully saturated rings. The van der Waals surface area contributed by atoms with Crippen LogP contribution >= 0.6 is 11.6 Å². The molecule has 0 aromatic heterocycles. The van der Waals surface area contributed by atoms with Crippen molar-refractivity contribution >= 4 is 35.2 Å². The third kappa shape index (κ3) is 3.61. The Kier molecular flexibility index (Phi) is 5.09. The quantitative estimate of drug-likeness (QED) is 0.335. The molecule has 0 radical (unpaired) electrons. The number of carbonyl (C=O) groups is 1. The number of cyclic esters (lactones) is 1. The molecule has 0 saturated heterocycles. The fourth-order valence-corrected chi connectivity index (χ4v) is 2.74. The highest BCUT2D eigenvalue weighted by Crippen LogP contribution is 2.33. The minimum absolute atomic E-state index is 0.0333. The van der Waals surface area contributed by atoms with Gasteiger partial charge in [0.25, 0.3) is 5.69 Å². The summed E-state index contributed by atoms with van der Waals surface area (Å²) in [5, 5.41) is 10.9. The largest absolute Gasteiger partial charge is 0.493 e. The van der Waals surface area contributed by atoms with Crippen LogP contribution in [0.2, 0.25) is 5.02 Å². The number of para-hydroxylation sites is 1. The van der Waals surface area contributed by atoms with E-state index in [1.165, 1.54) is 38.5 Å². The second kappa shape index (κ2) is 7.46. The molecule has 2 aromatic rings. The fraction of sp³-hybridized carbons (Fsp3) is 0.111. The molecule has 0 atom stereocenters. The SMILES string of the molecule is COc1cccc(/C=C2\N=C(c3ccc([N+](=O)[O-])cc3Cl)OC2=O)c1OC. The van der Waals surface area contributed by atoms with Crippen molar-refractivity contribution in [3.8, 4) is 11.5 Å². The Balaban J connectivity index is 2.00. The zero-order valence-electron chi connectivity index (χ0n) is 14.3. The Bertz CT molecular complexity index is 999. The zero-order chi connectivity index (χ0) is 19.6. The number of esters is 1. The molecular formula is C18H13ClN2O6. The summed E-state index contributed by atoms with van der Waals surface area (Å²) in [6, 6.07) is 8.99. The standard InChI is InChI=1S/C18H13ClN2O6/c1-25-15-5-3-4-10(16(15)26-2)8-14-18(22)27-17(20-14)12-7-6-11(21(23)24)9-13(12)19/h3-9H,1-2H3/b14-8-. The molecule has 0 spiro atoms. The molecule has 8 nitrogen and oxygen atoms in total. The van der Waals surface area contributed by atoms with Crippen molar-refractivity contribution in [3.05, 3.63) is 68.4 Å². The normalized spacial score (nSPS) is 14.7. The minimum Gasteiger partial charge on any atom is -0.493 e. The van der Waals surface area contributed by atoms with Crippen LogP contribution in [0.4, 0.5) is 5.69 Å². The average Bonchev–Trinajstić information content (AvgIpc) is 3.01. The summed E-state index contributed by atoms with van der Waals surface area (Å²) >= 11 is 6.06. The fourth-order valence-electron chi connectivity index (χ4n) is 2.49. The summed E-state index contributed by atoms with van der Waals surface area (Å²) in [6.07, 6.45) is 1.50. The molecule has 138 valence electrons. The van der Waals surface area contributed by atoms with Gasteiger partial charge in [0.05, 0.1) is 29.7 Å². The highest BCUT2D eigenvalue weighted by Gasteiger charge is 2.27. The Labute approximate surface area is 158 Å². The predicted molar refractivity (Wildman–Crippen MR) is 98.3 cm³/mol. The van der Waals surface area contributed by atoms with Gasteiger partial charge in [-0.25, -0.2) is 9.79 Å². The van der Waals surface area contributed by atoms with Crippen molar-refractivity contribution in [1.82, 2.24) is 0 Å². The van der Waals surface area contributed by atoms with E-state index in [9.17, 15) is 14.9 Å². The molecule has 1 heterocycles. The topological polar surface area (TPSA) is 100 Å². The van der Waals surface area contributed by atoms with E-state index in [1.54, 1.807) is 18.2 Å². The van der Waals surface area contributed by atoms with E-state index in [0.717, 1.165) is 0 Å². The first-order valence-electron chi connectivity index (χ1n) is 7.62. The molecule has 0 N–H and O–H groups in total. The third-order valence-electron chi connectivity index (χ3n) is 3.74. The second-order valence-corrected chi connectivity index (χ2v) is 5.75. The molecule has 0 aliphatic carbocycles. The molecule has 27 heavy (non-hydrogen) atoms. The summed E-state index contributed by atoms with van der Waals surface area (Å²) in [5.74, 6) is 0.232. The Morgan fingerprint density at radius 1 is 1.22 bits per heavy atom. The lowest BCUT2D eigenvalue weighted by Gasteiger charge is -2.09. The molecular weight excluding hydrogens is 376 g/mol. The van der Waals surface area contributed by atoms with Gasteiger partial charge in [0.2, 0.25) is 5.90 Å². The molecule has 0 unspecified atom stereocenters. The second-order valence-electron chi connectivity index (χ2n) is 5.34. The van der Waals surface area contributed by atoms with E-state index in [-0.39, 0.29) is 27.9 Å². The first-order chi connectivity index (χ1) is 12.9. The first kappa shape index (κ1) is 18.4. The highest BCUT2D eigenvalue weighted by molar-refractivity contribution is 6.34. The van der Waals surface area contributed by atoms with Gasteiger partial charge in [0.15, 0.2) is 17.2 Å². The van der Waals surface area contributed by atoms with Crippen LogP contribution in [-0.2, 0) is 9.53 Å². The number of hydrogen-bond donors (Lipinski definition) is 0. The number of nitro benzene ring substituents is 1. The van der Waals surface area contributed by atoms with Crippen molar-refractivity contribution in [2.45, 2.75) is 0 Å². The maximum absolute atomic E-state index is 12.2. The molecule has 0 amide bonds. The number of ether oxygens (including phenoxy) is 3. The van der Waals surface area contributed by atoms with E-state index in [4.69, 9.17) is 25.8 Å². The van der Waals surface area contributed by atoms with Crippen LogP contribution < -0.4 is 9.47 Å². The number of rotatable bonds is 5. The third-order valence-corrected chi connectivity index (χ3v) is 4.05. The van der Waals surface area contributed by atoms with Gasteiger partial charge >= 0.3 is 5.97 Å². The van der Waals surface area contributed by atoms with Gasteiger partial charge in [-0.2, -0.15) is 0 Å². The van der Waals surface area contributed by atoms with E-state index in [0.29, 0.717) is 17.1 Å². The van der Waals surface area contributed by atoms with Crippen LogP contribution in [0.15, 0.2) is 47.1 Å². The number of benzene rings is 2. The van der Waals surface area contributed by atoms with Gasteiger partial charge < -0.3 is 14.2 Å². The first-order valence-corrected chi connectivity index (χ1v) is 8.00. The Hall–Kier alpha value is -3.39. The Morgan fingerprint density at radius 3 is 2.63 bits per heavy atom. The number of nitro groups is 1. The van der Waals surface area contributed by atoms with Crippen LogP contribution in [0.25, 0.3) is 6.08 Å². The molecule has 9 heteroatoms. The number of aliphatic imine (C=N–C) groups is 1. The van der Waals surface area contributed by atoms with Gasteiger partial charge in [0, 0.05) is 17.7 Å². The lowest BCUT2D eigenvalue weighted by Crippen LogP contribution is -2.06. The van der Waals surface area contributed by atoms with Crippen LogP contribution in [0, 0.1) is 10.1 Å². The van der Waals surface area contributed by atoms with E-state index >= 15 is 0 Å². The van der Waals surface area contributed by atoms with E-state index < -0.39 is 10.9 Å². The molecule has 1 aliphatic heterocycles. The molecule has 0 bridgehead atoms. The van der Waals surface area contributed by atoms with Crippen LogP contribution in [-0.4, -0.2) is 31.0 Å². The van der Waals surface area contributed by atoms with Crippen molar-refractivity contribution in [2.24, 2.45) is 4.99 Å². The number of halogens is 1. The zero-order valence-corrected chi connectivity index (χ0v) is 15.0. The highest BCUT2D eigenvalue weighted by atomic mass is 35.5. The van der Waals surface area contributed by atoms with Crippen molar-refractivity contribution in [2.75, 3.05) is 14.2 Å². The summed E-state index contributed by atoms with van der Waals surface area (Å²) < 4.78 is 15.7. The number of carbonyl (C=O) groups excluding carboxylic acids is 1. The number of methoxy groups -OCH3 is 2. The number of non-ortho nitro benzene ring substituents is 1. The van der Waals surface area contributed by atoms with Gasteiger partial charge in [-0.05, 0) is 18.2 Å². The lowest BCUT2D eigenvalue weighted by atomic mass is 10.1. The van der Waals surface area contributed by atoms with Gasteiger partial charge in [-0.3, -0.25) is 10.1 Å². The molecule has 2 aromatic carbocycles. The summed E-state index contributed by atoms with van der Waals surface area (Å²) in [6.45, 7) is 0. The minimum atomic E-state index is -0.677. The monoisotopic (exact) mass is 388 g/mol. The smallest absolute Gasteiger partial charge is 0.363 e. The summed E-state index contributed by atoms with van der Waals surface area (Å²) in [4.78, 5) is 26.6. The number of nitrogens with zero attached hydrogens (tertiary/aromatic N) is 2. The molecule has 1 aliphatic rings. The predicted octanol–water partition coefficient (Wildman–Crippen LogP) is 3.61. The van der Waals surface area contributed by atoms with Crippen molar-refractivity contribution < 1.29 is 23.9 Å². The summed E-state index contributed by atoms with van der Waals surface area (Å²) in [5.41, 5.74) is 0.705. The Morgan fingerprint density at radius 2 is 2.00 bits per heavy atom. The van der Waals surface area contributed by atoms with Gasteiger partial charge in [-0.15, -0.1) is 0 Å². The molecule has 3 rings (SSSR count). The van der Waals surface area contributed by atoms with Crippen molar-refractivity contribution in [3.63, 3.8) is 0 Å². The van der Waals surface area contributed by atoms with Gasteiger partial charge in [-0.1, -0.05) is 23.7 Å². The average molecular weight is 389 g/mol. The van der Waals surface area contributed by atoms with Gasteiger partial charge in [0.1, 0.15) is 0 Å². The van der Waals surface area contributed by atoms with Crippen LogP contribution in [0.1, 0.15) is 11.1 Å². The maximum atomic E-state index is 12.2. The lowest BCUT2D eigenvalue weighted by molar-refractivity contribution is -0.384. The maximum Gasteiger partial charge on any atom is 0.363 e.